The van der Waals surface area contributed by atoms with Gasteiger partial charge in [-0.25, -0.2) is 0 Å². The Labute approximate surface area is 113 Å². The van der Waals surface area contributed by atoms with Gasteiger partial charge in [-0.2, -0.15) is 0 Å². The van der Waals surface area contributed by atoms with Crippen molar-refractivity contribution < 1.29 is 9.47 Å². The van der Waals surface area contributed by atoms with Gasteiger partial charge in [0.2, 0.25) is 0 Å². The van der Waals surface area contributed by atoms with Gasteiger partial charge < -0.3 is 9.47 Å². The maximum atomic E-state index is 5.27. The van der Waals surface area contributed by atoms with Crippen molar-refractivity contribution in [3.05, 3.63) is 53.3 Å². The van der Waals surface area contributed by atoms with Crippen molar-refractivity contribution in [2.24, 2.45) is 0 Å². The Balaban J connectivity index is 2.23. The lowest BCUT2D eigenvalue weighted by atomic mass is 10.1. The lowest BCUT2D eigenvalue weighted by molar-refractivity contribution is 0.355. The van der Waals surface area contributed by atoms with Gasteiger partial charge in [0.1, 0.15) is 0 Å². The van der Waals surface area contributed by atoms with Crippen molar-refractivity contribution in [2.45, 2.75) is 6.92 Å². The molecule has 0 spiro atoms. The zero-order valence-electron chi connectivity index (χ0n) is 11.4. The summed E-state index contributed by atoms with van der Waals surface area (Å²) in [7, 11) is 3.26. The molecule has 0 radical (unpaired) electrons. The molecule has 1 aromatic carbocycles. The highest BCUT2D eigenvalue weighted by Gasteiger charge is 2.02. The van der Waals surface area contributed by atoms with Gasteiger partial charge in [0, 0.05) is 5.69 Å². The minimum atomic E-state index is 0.724. The molecule has 1 heterocycles. The first-order chi connectivity index (χ1) is 9.22. The second-order valence-corrected chi connectivity index (χ2v) is 4.15. The summed E-state index contributed by atoms with van der Waals surface area (Å²) in [5, 5.41) is 0. The highest BCUT2D eigenvalue weighted by molar-refractivity contribution is 5.69. The number of benzene rings is 1. The van der Waals surface area contributed by atoms with E-state index in [0.717, 1.165) is 28.5 Å². The monoisotopic (exact) mass is 255 g/mol. The first kappa shape index (κ1) is 13.1. The molecule has 0 saturated carbocycles. The van der Waals surface area contributed by atoms with Crippen LogP contribution >= 0.6 is 0 Å². The SMILES string of the molecule is COc1ccc(/C=C/c2cccc(C)n2)cc1OC. The van der Waals surface area contributed by atoms with Gasteiger partial charge >= 0.3 is 0 Å². The van der Waals surface area contributed by atoms with Gasteiger partial charge in [0.05, 0.1) is 19.9 Å². The summed E-state index contributed by atoms with van der Waals surface area (Å²) in [5.74, 6) is 1.45. The van der Waals surface area contributed by atoms with Crippen LogP contribution in [0.25, 0.3) is 12.2 Å². The summed E-state index contributed by atoms with van der Waals surface area (Å²) in [6, 6.07) is 11.8. The van der Waals surface area contributed by atoms with Gasteiger partial charge in [-0.1, -0.05) is 18.2 Å². The molecule has 0 aliphatic heterocycles. The molecule has 3 nitrogen and oxygen atoms in total. The molecule has 98 valence electrons. The van der Waals surface area contributed by atoms with Gasteiger partial charge in [0.15, 0.2) is 11.5 Å². The van der Waals surface area contributed by atoms with Crippen LogP contribution in [-0.2, 0) is 0 Å². The first-order valence-electron chi connectivity index (χ1n) is 6.06. The van der Waals surface area contributed by atoms with Crippen molar-refractivity contribution in [1.82, 2.24) is 4.98 Å². The number of aryl methyl sites for hydroxylation is 1. The number of ether oxygens (including phenoxy) is 2. The third kappa shape index (κ3) is 3.35. The molecule has 0 unspecified atom stereocenters. The van der Waals surface area contributed by atoms with E-state index in [1.54, 1.807) is 14.2 Å². The number of pyridine rings is 1. The van der Waals surface area contributed by atoms with Crippen LogP contribution < -0.4 is 9.47 Å². The lowest BCUT2D eigenvalue weighted by Crippen LogP contribution is -1.90. The molecule has 0 fully saturated rings. The minimum absolute atomic E-state index is 0.724. The maximum Gasteiger partial charge on any atom is 0.161 e. The Morgan fingerprint density at radius 3 is 2.42 bits per heavy atom. The normalized spacial score (nSPS) is 10.7. The molecule has 1 aromatic heterocycles. The Kier molecular flexibility index (Phi) is 4.18. The number of rotatable bonds is 4. The number of methoxy groups -OCH3 is 2. The highest BCUT2D eigenvalue weighted by atomic mass is 16.5. The van der Waals surface area contributed by atoms with Crippen LogP contribution in [0.1, 0.15) is 17.0 Å². The van der Waals surface area contributed by atoms with E-state index >= 15 is 0 Å². The third-order valence-corrected chi connectivity index (χ3v) is 2.76. The van der Waals surface area contributed by atoms with Crippen LogP contribution in [0.3, 0.4) is 0 Å². The predicted octanol–water partition coefficient (Wildman–Crippen LogP) is 3.58. The molecule has 0 aliphatic rings. The van der Waals surface area contributed by atoms with Crippen LogP contribution in [0.2, 0.25) is 0 Å². The molecule has 0 atom stereocenters. The number of aromatic nitrogens is 1. The molecule has 3 heteroatoms. The van der Waals surface area contributed by atoms with Crippen molar-refractivity contribution >= 4 is 12.2 Å². The van der Waals surface area contributed by atoms with E-state index in [1.807, 2.05) is 55.5 Å². The Morgan fingerprint density at radius 2 is 1.74 bits per heavy atom. The molecule has 2 aromatic rings. The smallest absolute Gasteiger partial charge is 0.161 e. The number of nitrogens with zero attached hydrogens (tertiary/aromatic N) is 1. The topological polar surface area (TPSA) is 31.4 Å². The van der Waals surface area contributed by atoms with E-state index in [1.165, 1.54) is 0 Å². The molecule has 19 heavy (non-hydrogen) atoms. The summed E-state index contributed by atoms with van der Waals surface area (Å²) in [6.45, 7) is 1.98. The molecule has 2 rings (SSSR count). The summed E-state index contributed by atoms with van der Waals surface area (Å²) in [5.41, 5.74) is 2.99. The molecule has 0 bridgehead atoms. The molecular formula is C16H17NO2. The van der Waals surface area contributed by atoms with Crippen molar-refractivity contribution in [1.29, 1.82) is 0 Å². The first-order valence-corrected chi connectivity index (χ1v) is 6.06. The fraction of sp³-hybridized carbons (Fsp3) is 0.188. The average Bonchev–Trinajstić information content (AvgIpc) is 2.45. The Hall–Kier alpha value is -2.29. The van der Waals surface area contributed by atoms with Crippen LogP contribution in [-0.4, -0.2) is 19.2 Å². The zero-order chi connectivity index (χ0) is 13.7. The standard InChI is InChI=1S/C16H17NO2/c1-12-5-4-6-14(17-12)9-7-13-8-10-15(18-2)16(11-13)19-3/h4-11H,1-3H3/b9-7+. The van der Waals surface area contributed by atoms with Gasteiger partial charge in [-0.05, 0) is 42.8 Å². The van der Waals surface area contributed by atoms with E-state index < -0.39 is 0 Å². The molecular weight excluding hydrogens is 238 g/mol. The van der Waals surface area contributed by atoms with Crippen LogP contribution in [0.5, 0.6) is 11.5 Å². The molecule has 0 saturated heterocycles. The van der Waals surface area contributed by atoms with Crippen LogP contribution in [0, 0.1) is 6.92 Å². The fourth-order valence-corrected chi connectivity index (χ4v) is 1.80. The summed E-state index contributed by atoms with van der Waals surface area (Å²) in [6.07, 6.45) is 3.98. The molecule has 0 N–H and O–H groups in total. The second kappa shape index (κ2) is 6.05. The fourth-order valence-electron chi connectivity index (χ4n) is 1.80. The summed E-state index contributed by atoms with van der Waals surface area (Å²) >= 11 is 0. The third-order valence-electron chi connectivity index (χ3n) is 2.76. The molecule has 0 amide bonds. The summed E-state index contributed by atoms with van der Waals surface area (Å²) in [4.78, 5) is 4.42. The highest BCUT2D eigenvalue weighted by Crippen LogP contribution is 2.28. The zero-order valence-corrected chi connectivity index (χ0v) is 11.4. The van der Waals surface area contributed by atoms with Crippen molar-refractivity contribution in [2.75, 3.05) is 14.2 Å². The largest absolute Gasteiger partial charge is 0.493 e. The summed E-state index contributed by atoms with van der Waals surface area (Å²) < 4.78 is 10.5. The van der Waals surface area contributed by atoms with E-state index in [2.05, 4.69) is 4.98 Å². The number of hydrogen-bond acceptors (Lipinski definition) is 3. The average molecular weight is 255 g/mol. The quantitative estimate of drug-likeness (QED) is 0.836. The number of hydrogen-bond donors (Lipinski definition) is 0. The van der Waals surface area contributed by atoms with E-state index in [0.29, 0.717) is 0 Å². The second-order valence-electron chi connectivity index (χ2n) is 4.15. The van der Waals surface area contributed by atoms with E-state index in [9.17, 15) is 0 Å². The van der Waals surface area contributed by atoms with Gasteiger partial charge in [-0.3, -0.25) is 4.98 Å². The van der Waals surface area contributed by atoms with Crippen molar-refractivity contribution in [3.63, 3.8) is 0 Å². The van der Waals surface area contributed by atoms with E-state index in [4.69, 9.17) is 9.47 Å². The Morgan fingerprint density at radius 1 is 0.947 bits per heavy atom. The minimum Gasteiger partial charge on any atom is -0.493 e. The van der Waals surface area contributed by atoms with E-state index in [-0.39, 0.29) is 0 Å². The van der Waals surface area contributed by atoms with Gasteiger partial charge in [-0.15, -0.1) is 0 Å². The van der Waals surface area contributed by atoms with Crippen LogP contribution in [0.15, 0.2) is 36.4 Å². The molecule has 0 aliphatic carbocycles. The Bertz CT molecular complexity index is 591. The van der Waals surface area contributed by atoms with Gasteiger partial charge in [0.25, 0.3) is 0 Å². The van der Waals surface area contributed by atoms with Crippen LogP contribution in [0.4, 0.5) is 0 Å². The van der Waals surface area contributed by atoms with Crippen molar-refractivity contribution in [3.8, 4) is 11.5 Å². The maximum absolute atomic E-state index is 5.27. The predicted molar refractivity (Wildman–Crippen MR) is 77.4 cm³/mol. The lowest BCUT2D eigenvalue weighted by Gasteiger charge is -2.07.